The Balaban J connectivity index is 4.10. The van der Waals surface area contributed by atoms with E-state index in [4.69, 9.17) is 10.5 Å². The molecule has 5 nitrogen and oxygen atoms in total. The predicted octanol–water partition coefficient (Wildman–Crippen LogP) is 0.539. The van der Waals surface area contributed by atoms with Crippen LogP contribution in [0.3, 0.4) is 0 Å². The topological polar surface area (TPSA) is 58.8 Å². The lowest BCUT2D eigenvalue weighted by Crippen LogP contribution is -2.43. The van der Waals surface area contributed by atoms with Crippen molar-refractivity contribution >= 4 is 5.97 Å². The molecule has 0 saturated heterocycles. The van der Waals surface area contributed by atoms with Gasteiger partial charge in [-0.25, -0.2) is 0 Å². The number of carbonyl (C=O) groups is 1. The molecule has 0 rings (SSSR count). The minimum Gasteiger partial charge on any atom is -0.465 e. The molecule has 18 heavy (non-hydrogen) atoms. The minimum absolute atomic E-state index is 0.297. The summed E-state index contributed by atoms with van der Waals surface area (Å²) in [6, 6.07) is -0.0510. The van der Waals surface area contributed by atoms with Crippen LogP contribution >= 0.6 is 0 Å². The van der Waals surface area contributed by atoms with Gasteiger partial charge in [-0.3, -0.25) is 9.69 Å². The molecule has 5 heteroatoms. The maximum Gasteiger partial charge on any atom is 0.322 e. The third-order valence-corrected chi connectivity index (χ3v) is 2.98. The average molecular weight is 259 g/mol. The van der Waals surface area contributed by atoms with E-state index < -0.39 is 6.04 Å². The molecule has 0 saturated carbocycles. The smallest absolute Gasteiger partial charge is 0.322 e. The molecule has 0 bridgehead atoms. The zero-order valence-electron chi connectivity index (χ0n) is 12.5. The van der Waals surface area contributed by atoms with E-state index in [1.807, 2.05) is 0 Å². The van der Waals surface area contributed by atoms with Gasteiger partial charge in [-0.2, -0.15) is 0 Å². The van der Waals surface area contributed by atoms with Gasteiger partial charge in [0.05, 0.1) is 6.61 Å². The maximum atomic E-state index is 11.4. The van der Waals surface area contributed by atoms with Crippen molar-refractivity contribution in [2.45, 2.75) is 39.3 Å². The lowest BCUT2D eigenvalue weighted by molar-refractivity contribution is -0.144. The van der Waals surface area contributed by atoms with Gasteiger partial charge >= 0.3 is 5.97 Å². The second-order valence-corrected chi connectivity index (χ2v) is 4.89. The van der Waals surface area contributed by atoms with Gasteiger partial charge in [0.2, 0.25) is 0 Å². The van der Waals surface area contributed by atoms with Crippen molar-refractivity contribution in [3.05, 3.63) is 0 Å². The monoisotopic (exact) mass is 259 g/mol. The summed E-state index contributed by atoms with van der Waals surface area (Å²) >= 11 is 0. The highest BCUT2D eigenvalue weighted by molar-refractivity contribution is 5.75. The van der Waals surface area contributed by atoms with Gasteiger partial charge in [0, 0.05) is 19.1 Å². The summed E-state index contributed by atoms with van der Waals surface area (Å²) in [6.07, 6.45) is 0.643. The van der Waals surface area contributed by atoms with E-state index >= 15 is 0 Å². The summed E-state index contributed by atoms with van der Waals surface area (Å²) in [5.74, 6) is -0.297. The molecule has 0 spiro atoms. The van der Waals surface area contributed by atoms with Crippen LogP contribution in [0, 0.1) is 0 Å². The van der Waals surface area contributed by atoms with Crippen LogP contribution in [0.25, 0.3) is 0 Å². The van der Waals surface area contributed by atoms with Crippen molar-refractivity contribution in [2.75, 3.05) is 40.3 Å². The summed E-state index contributed by atoms with van der Waals surface area (Å²) in [6.45, 7) is 9.29. The first-order valence-electron chi connectivity index (χ1n) is 6.73. The normalized spacial score (nSPS) is 14.9. The molecule has 108 valence electrons. The van der Waals surface area contributed by atoms with Crippen molar-refractivity contribution in [1.29, 1.82) is 0 Å². The SMILES string of the molecule is CCOC(=O)C(N)CCN(CC)C(C)CN(C)C. The van der Waals surface area contributed by atoms with Crippen molar-refractivity contribution in [3.63, 3.8) is 0 Å². The fraction of sp³-hybridized carbons (Fsp3) is 0.923. The minimum atomic E-state index is -0.509. The van der Waals surface area contributed by atoms with E-state index in [9.17, 15) is 4.79 Å². The second kappa shape index (κ2) is 9.30. The Kier molecular flexibility index (Phi) is 8.97. The van der Waals surface area contributed by atoms with Gasteiger partial charge in [-0.15, -0.1) is 0 Å². The summed E-state index contributed by atoms with van der Waals surface area (Å²) < 4.78 is 4.90. The molecule has 2 atom stereocenters. The molecule has 0 aliphatic carbocycles. The number of hydrogen-bond donors (Lipinski definition) is 1. The van der Waals surface area contributed by atoms with Crippen LogP contribution in [0.1, 0.15) is 27.2 Å². The van der Waals surface area contributed by atoms with Gasteiger partial charge in [0.25, 0.3) is 0 Å². The highest BCUT2D eigenvalue weighted by Gasteiger charge is 2.18. The van der Waals surface area contributed by atoms with Crippen LogP contribution in [0.2, 0.25) is 0 Å². The molecule has 0 aliphatic heterocycles. The quantitative estimate of drug-likeness (QED) is 0.612. The van der Waals surface area contributed by atoms with Gasteiger partial charge < -0.3 is 15.4 Å². The Morgan fingerprint density at radius 3 is 2.39 bits per heavy atom. The number of rotatable bonds is 9. The summed E-state index contributed by atoms with van der Waals surface area (Å²) in [5, 5.41) is 0. The first-order valence-corrected chi connectivity index (χ1v) is 6.73. The van der Waals surface area contributed by atoms with E-state index in [0.717, 1.165) is 19.6 Å². The van der Waals surface area contributed by atoms with Gasteiger partial charge in [-0.1, -0.05) is 6.92 Å². The van der Waals surface area contributed by atoms with E-state index in [1.54, 1.807) is 6.92 Å². The van der Waals surface area contributed by atoms with E-state index in [2.05, 4.69) is 37.7 Å². The second-order valence-electron chi connectivity index (χ2n) is 4.89. The molecular weight excluding hydrogens is 230 g/mol. The summed E-state index contributed by atoms with van der Waals surface area (Å²) in [5.41, 5.74) is 5.80. The molecular formula is C13H29N3O2. The molecule has 2 N–H and O–H groups in total. The number of nitrogens with zero attached hydrogens (tertiary/aromatic N) is 2. The fourth-order valence-electron chi connectivity index (χ4n) is 2.01. The van der Waals surface area contributed by atoms with E-state index in [1.165, 1.54) is 0 Å². The van der Waals surface area contributed by atoms with Crippen LogP contribution in [0.15, 0.2) is 0 Å². The van der Waals surface area contributed by atoms with Crippen molar-refractivity contribution < 1.29 is 9.53 Å². The lowest BCUT2D eigenvalue weighted by atomic mass is 10.2. The Hall–Kier alpha value is -0.650. The van der Waals surface area contributed by atoms with Crippen molar-refractivity contribution in [2.24, 2.45) is 5.73 Å². The van der Waals surface area contributed by atoms with Crippen LogP contribution in [0.5, 0.6) is 0 Å². The molecule has 0 aromatic heterocycles. The van der Waals surface area contributed by atoms with E-state index in [-0.39, 0.29) is 5.97 Å². The standard InChI is InChI=1S/C13H29N3O2/c1-6-16(11(3)10-15(4)5)9-8-12(14)13(17)18-7-2/h11-12H,6-10,14H2,1-5H3. The molecule has 0 amide bonds. The average Bonchev–Trinajstić information content (AvgIpc) is 2.28. The van der Waals surface area contributed by atoms with Crippen LogP contribution < -0.4 is 5.73 Å². The number of nitrogens with two attached hydrogens (primary N) is 1. The number of ether oxygens (including phenoxy) is 1. The number of hydrogen-bond acceptors (Lipinski definition) is 5. The summed E-state index contributed by atoms with van der Waals surface area (Å²) in [7, 11) is 4.13. The van der Waals surface area contributed by atoms with Crippen molar-refractivity contribution in [1.82, 2.24) is 9.80 Å². The number of likely N-dealkylation sites (N-methyl/N-ethyl adjacent to an activating group) is 2. The molecule has 0 aliphatic rings. The van der Waals surface area contributed by atoms with E-state index in [0.29, 0.717) is 19.1 Å². The van der Waals surface area contributed by atoms with Crippen LogP contribution in [0.4, 0.5) is 0 Å². The molecule has 0 aromatic carbocycles. The zero-order valence-corrected chi connectivity index (χ0v) is 12.5. The van der Waals surface area contributed by atoms with Gasteiger partial charge in [-0.05, 0) is 40.9 Å². The Bertz CT molecular complexity index is 234. The lowest BCUT2D eigenvalue weighted by Gasteiger charge is -2.30. The van der Waals surface area contributed by atoms with Crippen molar-refractivity contribution in [3.8, 4) is 0 Å². The first-order chi connectivity index (χ1) is 8.42. The maximum absolute atomic E-state index is 11.4. The van der Waals surface area contributed by atoms with Crippen LogP contribution in [-0.4, -0.2) is 68.2 Å². The highest BCUT2D eigenvalue weighted by atomic mass is 16.5. The third-order valence-electron chi connectivity index (χ3n) is 2.98. The Labute approximate surface area is 111 Å². The summed E-state index contributed by atoms with van der Waals surface area (Å²) in [4.78, 5) is 15.9. The van der Waals surface area contributed by atoms with Crippen LogP contribution in [-0.2, 0) is 9.53 Å². The Morgan fingerprint density at radius 1 is 1.33 bits per heavy atom. The first kappa shape index (κ1) is 17.4. The molecule has 0 heterocycles. The predicted molar refractivity (Wildman–Crippen MR) is 74.5 cm³/mol. The third kappa shape index (κ3) is 6.93. The molecule has 2 unspecified atom stereocenters. The van der Waals surface area contributed by atoms with Gasteiger partial charge in [0.15, 0.2) is 0 Å². The molecule has 0 radical (unpaired) electrons. The number of esters is 1. The number of carbonyl (C=O) groups excluding carboxylic acids is 1. The molecule has 0 fully saturated rings. The fourth-order valence-corrected chi connectivity index (χ4v) is 2.01. The molecule has 0 aromatic rings. The highest BCUT2D eigenvalue weighted by Crippen LogP contribution is 2.03. The van der Waals surface area contributed by atoms with Gasteiger partial charge in [0.1, 0.15) is 6.04 Å². The zero-order chi connectivity index (χ0) is 14.1. The largest absolute Gasteiger partial charge is 0.465 e. The Morgan fingerprint density at radius 2 is 1.94 bits per heavy atom.